The summed E-state index contributed by atoms with van der Waals surface area (Å²) in [5.41, 5.74) is 1.23. The minimum atomic E-state index is 0.209. The van der Waals surface area contributed by atoms with E-state index in [0.29, 0.717) is 6.54 Å². The van der Waals surface area contributed by atoms with Gasteiger partial charge in [0.1, 0.15) is 0 Å². The minimum absolute atomic E-state index is 0.209. The maximum absolute atomic E-state index is 8.49. The molecule has 2 nitrogen and oxygen atoms in total. The molecule has 0 bridgehead atoms. The molecule has 0 aromatic carbocycles. The predicted molar refractivity (Wildman–Crippen MR) is 43.8 cm³/mol. The molecule has 0 aliphatic rings. The van der Waals surface area contributed by atoms with Crippen LogP contribution in [0.3, 0.4) is 0 Å². The quantitative estimate of drug-likeness (QED) is 0.607. The second-order valence-electron chi connectivity index (χ2n) is 2.14. The van der Waals surface area contributed by atoms with E-state index in [-0.39, 0.29) is 6.61 Å². The molecule has 0 atom stereocenters. The van der Waals surface area contributed by atoms with Gasteiger partial charge in [-0.1, -0.05) is 19.9 Å². The summed E-state index contributed by atoms with van der Waals surface area (Å²) in [6.07, 6.45) is 4.23. The van der Waals surface area contributed by atoms with Gasteiger partial charge >= 0.3 is 0 Å². The van der Waals surface area contributed by atoms with Crippen LogP contribution in [0.4, 0.5) is 0 Å². The molecule has 2 N–H and O–H groups in total. The maximum Gasteiger partial charge on any atom is 0.0603 e. The van der Waals surface area contributed by atoms with E-state index in [1.165, 1.54) is 5.70 Å². The van der Waals surface area contributed by atoms with Crippen molar-refractivity contribution in [2.45, 2.75) is 26.7 Å². The number of hydrogen-bond donors (Lipinski definition) is 2. The van der Waals surface area contributed by atoms with Crippen LogP contribution in [0.2, 0.25) is 0 Å². The highest BCUT2D eigenvalue weighted by molar-refractivity contribution is 4.97. The Balaban J connectivity index is 3.49. The van der Waals surface area contributed by atoms with Gasteiger partial charge in [0.2, 0.25) is 0 Å². The lowest BCUT2D eigenvalue weighted by Crippen LogP contribution is -2.16. The average Bonchev–Trinajstić information content (AvgIpc) is 1.98. The van der Waals surface area contributed by atoms with E-state index in [1.54, 1.807) is 0 Å². The van der Waals surface area contributed by atoms with Crippen molar-refractivity contribution in [2.75, 3.05) is 13.2 Å². The normalized spacial score (nSPS) is 11.7. The lowest BCUT2D eigenvalue weighted by Gasteiger charge is -2.05. The molecular formula is C8H17NO. The molecule has 0 unspecified atom stereocenters. The molecule has 60 valence electrons. The van der Waals surface area contributed by atoms with Gasteiger partial charge in [-0.15, -0.1) is 0 Å². The molecular weight excluding hydrogens is 126 g/mol. The molecule has 0 rings (SSSR count). The van der Waals surface area contributed by atoms with Gasteiger partial charge in [0.05, 0.1) is 6.61 Å². The summed E-state index contributed by atoms with van der Waals surface area (Å²) in [7, 11) is 0. The van der Waals surface area contributed by atoms with Gasteiger partial charge in [-0.05, 0) is 12.8 Å². The van der Waals surface area contributed by atoms with E-state index in [1.807, 2.05) is 0 Å². The number of allylic oxidation sites excluding steroid dienone is 2. The van der Waals surface area contributed by atoms with Crippen LogP contribution in [-0.2, 0) is 0 Å². The molecule has 0 aliphatic heterocycles. The Kier molecular flexibility index (Phi) is 6.29. The fourth-order valence-electron chi connectivity index (χ4n) is 0.804. The third-order valence-corrected chi connectivity index (χ3v) is 1.30. The molecule has 0 aliphatic carbocycles. The van der Waals surface area contributed by atoms with Gasteiger partial charge in [-0.2, -0.15) is 0 Å². The van der Waals surface area contributed by atoms with Crippen LogP contribution in [0.5, 0.6) is 0 Å². The largest absolute Gasteiger partial charge is 0.395 e. The molecule has 0 spiro atoms. The maximum atomic E-state index is 8.49. The highest BCUT2D eigenvalue weighted by Gasteiger charge is 1.88. The number of nitrogens with one attached hydrogen (secondary N) is 1. The molecule has 0 saturated heterocycles. The van der Waals surface area contributed by atoms with Gasteiger partial charge in [0.15, 0.2) is 0 Å². The van der Waals surface area contributed by atoms with Gasteiger partial charge in [0.25, 0.3) is 0 Å². The van der Waals surface area contributed by atoms with E-state index in [2.05, 4.69) is 25.2 Å². The van der Waals surface area contributed by atoms with Crippen molar-refractivity contribution in [3.8, 4) is 0 Å². The van der Waals surface area contributed by atoms with Gasteiger partial charge in [-0.3, -0.25) is 0 Å². The van der Waals surface area contributed by atoms with E-state index in [9.17, 15) is 0 Å². The Labute approximate surface area is 62.9 Å². The Morgan fingerprint density at radius 3 is 2.60 bits per heavy atom. The van der Waals surface area contributed by atoms with Crippen LogP contribution in [0.1, 0.15) is 26.7 Å². The number of rotatable bonds is 5. The number of aliphatic hydroxyl groups excluding tert-OH is 1. The molecule has 0 amide bonds. The molecule has 10 heavy (non-hydrogen) atoms. The van der Waals surface area contributed by atoms with E-state index in [0.717, 1.165) is 12.8 Å². The van der Waals surface area contributed by atoms with Gasteiger partial charge in [0, 0.05) is 12.2 Å². The third-order valence-electron chi connectivity index (χ3n) is 1.30. The summed E-state index contributed by atoms with van der Waals surface area (Å²) in [5, 5.41) is 11.6. The average molecular weight is 143 g/mol. The first-order valence-corrected chi connectivity index (χ1v) is 3.88. The van der Waals surface area contributed by atoms with Crippen molar-refractivity contribution in [2.24, 2.45) is 0 Å². The van der Waals surface area contributed by atoms with Gasteiger partial charge in [-0.25, -0.2) is 0 Å². The molecule has 0 radical (unpaired) electrons. The molecule has 0 saturated carbocycles. The monoisotopic (exact) mass is 143 g/mol. The fraction of sp³-hybridized carbons (Fsp3) is 0.750. The summed E-state index contributed by atoms with van der Waals surface area (Å²) in [6.45, 7) is 5.09. The minimum Gasteiger partial charge on any atom is -0.395 e. The number of aliphatic hydroxyl groups is 1. The lowest BCUT2D eigenvalue weighted by atomic mass is 10.3. The van der Waals surface area contributed by atoms with Crippen molar-refractivity contribution < 1.29 is 5.11 Å². The number of hydrogen-bond acceptors (Lipinski definition) is 2. The Morgan fingerprint density at radius 1 is 1.50 bits per heavy atom. The zero-order valence-corrected chi connectivity index (χ0v) is 6.85. The summed E-state index contributed by atoms with van der Waals surface area (Å²) >= 11 is 0. The van der Waals surface area contributed by atoms with Crippen molar-refractivity contribution >= 4 is 0 Å². The summed E-state index contributed by atoms with van der Waals surface area (Å²) in [5.74, 6) is 0. The topological polar surface area (TPSA) is 32.3 Å². The first-order chi connectivity index (χ1) is 4.85. The fourth-order valence-corrected chi connectivity index (χ4v) is 0.804. The molecule has 0 aromatic heterocycles. The molecule has 2 heteroatoms. The highest BCUT2D eigenvalue weighted by atomic mass is 16.3. The zero-order valence-electron chi connectivity index (χ0n) is 6.85. The second-order valence-corrected chi connectivity index (χ2v) is 2.14. The van der Waals surface area contributed by atoms with Crippen LogP contribution in [0.15, 0.2) is 11.8 Å². The van der Waals surface area contributed by atoms with Crippen molar-refractivity contribution in [1.82, 2.24) is 5.32 Å². The van der Waals surface area contributed by atoms with Crippen LogP contribution >= 0.6 is 0 Å². The Hall–Kier alpha value is -0.500. The highest BCUT2D eigenvalue weighted by Crippen LogP contribution is 1.95. The Morgan fingerprint density at radius 2 is 2.20 bits per heavy atom. The SMILES string of the molecule is CC/C=C(\CC)NCCO. The van der Waals surface area contributed by atoms with E-state index < -0.39 is 0 Å². The van der Waals surface area contributed by atoms with Crippen molar-refractivity contribution in [1.29, 1.82) is 0 Å². The Bertz CT molecular complexity index is 99.4. The summed E-state index contributed by atoms with van der Waals surface area (Å²) in [6, 6.07) is 0. The van der Waals surface area contributed by atoms with Crippen LogP contribution in [-0.4, -0.2) is 18.3 Å². The predicted octanol–water partition coefficient (Wildman–Crippen LogP) is 1.27. The van der Waals surface area contributed by atoms with Gasteiger partial charge < -0.3 is 10.4 Å². The van der Waals surface area contributed by atoms with Crippen LogP contribution in [0, 0.1) is 0 Å². The van der Waals surface area contributed by atoms with Crippen LogP contribution in [0.25, 0.3) is 0 Å². The lowest BCUT2D eigenvalue weighted by molar-refractivity contribution is 0.296. The van der Waals surface area contributed by atoms with Crippen molar-refractivity contribution in [3.63, 3.8) is 0 Å². The molecule has 0 fully saturated rings. The first-order valence-electron chi connectivity index (χ1n) is 3.88. The molecule has 0 aromatic rings. The second kappa shape index (κ2) is 6.62. The zero-order chi connectivity index (χ0) is 7.82. The first kappa shape index (κ1) is 9.50. The van der Waals surface area contributed by atoms with E-state index >= 15 is 0 Å². The van der Waals surface area contributed by atoms with Crippen LogP contribution < -0.4 is 5.32 Å². The van der Waals surface area contributed by atoms with E-state index in [4.69, 9.17) is 5.11 Å². The standard InChI is InChI=1S/C8H17NO/c1-3-5-8(4-2)9-6-7-10/h5,9-10H,3-4,6-7H2,1-2H3/b8-5+. The summed E-state index contributed by atoms with van der Waals surface area (Å²) < 4.78 is 0. The third kappa shape index (κ3) is 4.39. The van der Waals surface area contributed by atoms with Crippen molar-refractivity contribution in [3.05, 3.63) is 11.8 Å². The molecule has 0 heterocycles. The summed E-state index contributed by atoms with van der Waals surface area (Å²) in [4.78, 5) is 0. The smallest absolute Gasteiger partial charge is 0.0603 e.